The summed E-state index contributed by atoms with van der Waals surface area (Å²) in [5.41, 5.74) is 0. The summed E-state index contributed by atoms with van der Waals surface area (Å²) in [4.78, 5) is 29.0. The van der Waals surface area contributed by atoms with E-state index in [2.05, 4.69) is 20.0 Å². The van der Waals surface area contributed by atoms with Crippen LogP contribution in [0.3, 0.4) is 0 Å². The van der Waals surface area contributed by atoms with Gasteiger partial charge in [-0.15, -0.1) is 0 Å². The fourth-order valence-electron chi connectivity index (χ4n) is 2.21. The van der Waals surface area contributed by atoms with E-state index in [4.69, 9.17) is 0 Å². The third kappa shape index (κ3) is 3.06. The van der Waals surface area contributed by atoms with Gasteiger partial charge >= 0.3 is 6.03 Å². The number of nitrogens with zero attached hydrogens (tertiary/aromatic N) is 3. The molecule has 0 bridgehead atoms. The third-order valence-corrected chi connectivity index (χ3v) is 4.17. The molecule has 0 radical (unpaired) electrons. The molecule has 1 saturated carbocycles. The molecule has 2 fully saturated rings. The second-order valence-corrected chi connectivity index (χ2v) is 6.10. The van der Waals surface area contributed by atoms with Crippen LogP contribution in [0.1, 0.15) is 37.4 Å². The zero-order valence-corrected chi connectivity index (χ0v) is 12.1. The van der Waals surface area contributed by atoms with Gasteiger partial charge < -0.3 is 10.2 Å². The van der Waals surface area contributed by atoms with E-state index in [1.165, 1.54) is 11.5 Å². The van der Waals surface area contributed by atoms with Crippen molar-refractivity contribution in [2.24, 2.45) is 0 Å². The van der Waals surface area contributed by atoms with E-state index in [9.17, 15) is 9.59 Å². The third-order valence-electron chi connectivity index (χ3n) is 3.52. The Hall–Kier alpha value is -1.70. The maximum Gasteiger partial charge on any atom is 0.323 e. The summed E-state index contributed by atoms with van der Waals surface area (Å²) in [5, 5.41) is 6.13. The van der Waals surface area contributed by atoms with Gasteiger partial charge in [-0.1, -0.05) is 0 Å². The van der Waals surface area contributed by atoms with Gasteiger partial charge in [-0.2, -0.15) is 4.37 Å². The zero-order valence-electron chi connectivity index (χ0n) is 11.3. The van der Waals surface area contributed by atoms with Crippen molar-refractivity contribution in [1.29, 1.82) is 0 Å². The van der Waals surface area contributed by atoms with Crippen molar-refractivity contribution >= 4 is 28.6 Å². The molecule has 1 saturated heterocycles. The molecule has 2 heterocycles. The predicted octanol–water partition coefficient (Wildman–Crippen LogP) is 1.16. The van der Waals surface area contributed by atoms with Crippen molar-refractivity contribution in [3.05, 3.63) is 5.82 Å². The standard InChI is InChI=1S/C12H17N5O2S/c1-17(6-8-4-5-9(18)13-8)12(19)15-11-14-10(16-20-11)7-2-3-7/h7-8H,2-6H2,1H3,(H,13,18)(H,14,15,16,19)/t8-/m0/s1. The Morgan fingerprint density at radius 2 is 2.30 bits per heavy atom. The summed E-state index contributed by atoms with van der Waals surface area (Å²) in [5.74, 6) is 1.39. The molecule has 2 aliphatic rings. The van der Waals surface area contributed by atoms with Crippen LogP contribution >= 0.6 is 11.5 Å². The van der Waals surface area contributed by atoms with Gasteiger partial charge in [0.2, 0.25) is 11.0 Å². The topological polar surface area (TPSA) is 87.2 Å². The van der Waals surface area contributed by atoms with Crippen LogP contribution in [0.2, 0.25) is 0 Å². The minimum absolute atomic E-state index is 0.0506. The molecule has 1 aliphatic heterocycles. The van der Waals surface area contributed by atoms with Crippen molar-refractivity contribution in [3.8, 4) is 0 Å². The van der Waals surface area contributed by atoms with E-state index < -0.39 is 0 Å². The molecule has 8 heteroatoms. The van der Waals surface area contributed by atoms with E-state index in [1.807, 2.05) is 0 Å². The van der Waals surface area contributed by atoms with Crippen LogP contribution < -0.4 is 10.6 Å². The molecule has 0 unspecified atom stereocenters. The Bertz CT molecular complexity index is 528. The molecule has 0 aromatic carbocycles. The van der Waals surface area contributed by atoms with Gasteiger partial charge in [0.25, 0.3) is 0 Å². The number of amides is 3. The lowest BCUT2D eigenvalue weighted by atomic mass is 10.2. The molecule has 1 aliphatic carbocycles. The fraction of sp³-hybridized carbons (Fsp3) is 0.667. The van der Waals surface area contributed by atoms with Crippen LogP contribution in [0.15, 0.2) is 0 Å². The van der Waals surface area contributed by atoms with Crippen LogP contribution in [0.5, 0.6) is 0 Å². The molecule has 7 nitrogen and oxygen atoms in total. The Balaban J connectivity index is 1.50. The molecule has 1 aromatic heterocycles. The number of hydrogen-bond donors (Lipinski definition) is 2. The maximum absolute atomic E-state index is 12.0. The largest absolute Gasteiger partial charge is 0.352 e. The first-order valence-corrected chi connectivity index (χ1v) is 7.54. The van der Waals surface area contributed by atoms with E-state index in [0.717, 1.165) is 25.1 Å². The van der Waals surface area contributed by atoms with E-state index in [1.54, 1.807) is 11.9 Å². The lowest BCUT2D eigenvalue weighted by Gasteiger charge is -2.20. The smallest absolute Gasteiger partial charge is 0.323 e. The second-order valence-electron chi connectivity index (χ2n) is 5.35. The summed E-state index contributed by atoms with van der Waals surface area (Å²) in [6.07, 6.45) is 3.61. The highest BCUT2D eigenvalue weighted by Gasteiger charge is 2.28. The molecule has 0 spiro atoms. The van der Waals surface area contributed by atoms with Gasteiger partial charge in [-0.05, 0) is 19.3 Å². The fourth-order valence-corrected chi connectivity index (χ4v) is 2.84. The number of rotatable bonds is 4. The van der Waals surface area contributed by atoms with E-state index >= 15 is 0 Å². The maximum atomic E-state index is 12.0. The Kier molecular flexibility index (Phi) is 3.56. The molecular weight excluding hydrogens is 278 g/mol. The first-order valence-electron chi connectivity index (χ1n) is 6.77. The first kappa shape index (κ1) is 13.3. The SMILES string of the molecule is CN(C[C@@H]1CCC(=O)N1)C(=O)Nc1nc(C2CC2)ns1. The number of nitrogens with one attached hydrogen (secondary N) is 2. The van der Waals surface area contributed by atoms with Crippen LogP contribution in [-0.2, 0) is 4.79 Å². The van der Waals surface area contributed by atoms with Gasteiger partial charge in [-0.3, -0.25) is 10.1 Å². The highest BCUT2D eigenvalue weighted by Crippen LogP contribution is 2.39. The summed E-state index contributed by atoms with van der Waals surface area (Å²) in [7, 11) is 1.71. The molecule has 108 valence electrons. The predicted molar refractivity (Wildman–Crippen MR) is 74.7 cm³/mol. The van der Waals surface area contributed by atoms with Gasteiger partial charge in [0, 0.05) is 43.5 Å². The van der Waals surface area contributed by atoms with Gasteiger partial charge in [0.05, 0.1) is 0 Å². The highest BCUT2D eigenvalue weighted by molar-refractivity contribution is 7.09. The van der Waals surface area contributed by atoms with Crippen molar-refractivity contribution < 1.29 is 9.59 Å². The summed E-state index contributed by atoms with van der Waals surface area (Å²) < 4.78 is 4.24. The van der Waals surface area contributed by atoms with Crippen LogP contribution in [-0.4, -0.2) is 45.8 Å². The quantitative estimate of drug-likeness (QED) is 0.872. The van der Waals surface area contributed by atoms with Crippen molar-refractivity contribution in [3.63, 3.8) is 0 Å². The minimum Gasteiger partial charge on any atom is -0.352 e. The van der Waals surface area contributed by atoms with Crippen molar-refractivity contribution in [2.75, 3.05) is 18.9 Å². The van der Waals surface area contributed by atoms with Crippen molar-refractivity contribution in [2.45, 2.75) is 37.6 Å². The molecule has 3 rings (SSSR count). The number of carbonyl (C=O) groups excluding carboxylic acids is 2. The number of aromatic nitrogens is 2. The number of likely N-dealkylation sites (N-methyl/N-ethyl adjacent to an activating group) is 1. The number of urea groups is 1. The molecule has 2 N–H and O–H groups in total. The van der Waals surface area contributed by atoms with Crippen LogP contribution in [0.4, 0.5) is 9.93 Å². The monoisotopic (exact) mass is 295 g/mol. The number of carbonyl (C=O) groups is 2. The summed E-state index contributed by atoms with van der Waals surface area (Å²) in [6.45, 7) is 0.506. The molecular formula is C12H17N5O2S. The average molecular weight is 295 g/mol. The highest BCUT2D eigenvalue weighted by atomic mass is 32.1. The Labute approximate surface area is 120 Å². The van der Waals surface area contributed by atoms with Crippen LogP contribution in [0, 0.1) is 0 Å². The normalized spacial score (nSPS) is 21.6. The van der Waals surface area contributed by atoms with E-state index in [-0.39, 0.29) is 18.0 Å². The second kappa shape index (κ2) is 5.35. The van der Waals surface area contributed by atoms with E-state index in [0.29, 0.717) is 24.0 Å². The summed E-state index contributed by atoms with van der Waals surface area (Å²) >= 11 is 1.22. The number of anilines is 1. The van der Waals surface area contributed by atoms with Gasteiger partial charge in [0.15, 0.2) is 0 Å². The van der Waals surface area contributed by atoms with Crippen LogP contribution in [0.25, 0.3) is 0 Å². The first-order chi connectivity index (χ1) is 9.61. The van der Waals surface area contributed by atoms with Crippen molar-refractivity contribution in [1.82, 2.24) is 19.6 Å². The molecule has 1 aromatic rings. The zero-order chi connectivity index (χ0) is 14.1. The number of hydrogen-bond acceptors (Lipinski definition) is 5. The van der Waals surface area contributed by atoms with Gasteiger partial charge in [-0.25, -0.2) is 9.78 Å². The lowest BCUT2D eigenvalue weighted by molar-refractivity contribution is -0.119. The van der Waals surface area contributed by atoms with Gasteiger partial charge in [0.1, 0.15) is 5.82 Å². The summed E-state index contributed by atoms with van der Waals surface area (Å²) in [6, 6.07) is -0.167. The minimum atomic E-state index is -0.218. The average Bonchev–Trinajstić information content (AvgIpc) is 3.03. The molecule has 20 heavy (non-hydrogen) atoms. The lowest BCUT2D eigenvalue weighted by Crippen LogP contribution is -2.41. The molecule has 3 amide bonds. The Morgan fingerprint density at radius 1 is 1.50 bits per heavy atom. The molecule has 1 atom stereocenters. The Morgan fingerprint density at radius 3 is 2.95 bits per heavy atom.